The quantitative estimate of drug-likeness (QED) is 0.795. The number of benzene rings is 1. The lowest BCUT2D eigenvalue weighted by Crippen LogP contribution is -2.36. The van der Waals surface area contributed by atoms with E-state index in [4.69, 9.17) is 4.42 Å². The molecule has 1 N–H and O–H groups in total. The lowest BCUT2D eigenvalue weighted by atomic mass is 10.2. The molecule has 3 aromatic rings. The van der Waals surface area contributed by atoms with Gasteiger partial charge in [0.1, 0.15) is 5.52 Å². The lowest BCUT2D eigenvalue weighted by molar-refractivity contribution is -0.130. The van der Waals surface area contributed by atoms with Crippen LogP contribution < -0.4 is 4.90 Å². The molecule has 1 amide bonds. The van der Waals surface area contributed by atoms with Crippen LogP contribution in [0.2, 0.25) is 0 Å². The molecule has 7 nitrogen and oxygen atoms in total. The second-order valence-corrected chi connectivity index (χ2v) is 5.94. The van der Waals surface area contributed by atoms with Gasteiger partial charge in [-0.2, -0.15) is 10.1 Å². The molecule has 3 heterocycles. The molecule has 0 bridgehead atoms. The minimum atomic E-state index is 0.124. The Labute approximate surface area is 139 Å². The number of carbonyl (C=O) groups is 1. The van der Waals surface area contributed by atoms with Crippen molar-refractivity contribution in [3.8, 4) is 0 Å². The summed E-state index contributed by atoms with van der Waals surface area (Å²) in [7, 11) is 0. The average molecular weight is 325 g/mol. The number of rotatable bonds is 3. The van der Waals surface area contributed by atoms with E-state index in [0.717, 1.165) is 42.8 Å². The van der Waals surface area contributed by atoms with E-state index in [1.165, 1.54) is 0 Å². The van der Waals surface area contributed by atoms with Crippen LogP contribution in [0.25, 0.3) is 11.1 Å². The van der Waals surface area contributed by atoms with E-state index < -0.39 is 0 Å². The maximum atomic E-state index is 12.4. The normalized spacial score (nSPS) is 15.7. The Hall–Kier alpha value is -2.83. The fourth-order valence-electron chi connectivity index (χ4n) is 3.01. The van der Waals surface area contributed by atoms with Crippen LogP contribution in [-0.2, 0) is 11.2 Å². The maximum Gasteiger partial charge on any atom is 0.298 e. The summed E-state index contributed by atoms with van der Waals surface area (Å²) in [5, 5.41) is 6.73. The van der Waals surface area contributed by atoms with Gasteiger partial charge in [0.15, 0.2) is 5.58 Å². The Morgan fingerprint density at radius 2 is 2.08 bits per heavy atom. The zero-order chi connectivity index (χ0) is 16.4. The van der Waals surface area contributed by atoms with E-state index in [-0.39, 0.29) is 5.91 Å². The van der Waals surface area contributed by atoms with E-state index >= 15 is 0 Å². The van der Waals surface area contributed by atoms with Crippen molar-refractivity contribution < 1.29 is 9.21 Å². The highest BCUT2D eigenvalue weighted by atomic mass is 16.4. The number of hydrogen-bond acceptors (Lipinski definition) is 5. The first-order valence-corrected chi connectivity index (χ1v) is 8.16. The summed E-state index contributed by atoms with van der Waals surface area (Å²) in [5.41, 5.74) is 2.51. The monoisotopic (exact) mass is 325 g/mol. The molecule has 0 saturated carbocycles. The topological polar surface area (TPSA) is 78.3 Å². The number of oxazole rings is 1. The van der Waals surface area contributed by atoms with E-state index in [1.54, 1.807) is 6.20 Å². The second-order valence-electron chi connectivity index (χ2n) is 5.94. The number of carbonyl (C=O) groups excluding carboxylic acids is 1. The molecule has 0 spiro atoms. The van der Waals surface area contributed by atoms with Gasteiger partial charge in [-0.05, 0) is 24.6 Å². The van der Waals surface area contributed by atoms with Crippen LogP contribution in [0.3, 0.4) is 0 Å². The third kappa shape index (κ3) is 2.97. The van der Waals surface area contributed by atoms with Gasteiger partial charge in [-0.15, -0.1) is 0 Å². The minimum Gasteiger partial charge on any atom is -0.423 e. The Morgan fingerprint density at radius 3 is 2.92 bits per heavy atom. The number of nitrogens with zero attached hydrogens (tertiary/aromatic N) is 4. The number of amides is 1. The number of H-pyrrole nitrogens is 1. The molecule has 1 aliphatic rings. The fourth-order valence-corrected chi connectivity index (χ4v) is 3.01. The second kappa shape index (κ2) is 6.35. The summed E-state index contributed by atoms with van der Waals surface area (Å²) >= 11 is 0. The van der Waals surface area contributed by atoms with E-state index in [1.807, 2.05) is 35.2 Å². The molecule has 124 valence electrons. The van der Waals surface area contributed by atoms with Crippen LogP contribution in [0.1, 0.15) is 12.1 Å². The standard InChI is InChI=1S/C17H19N5O2/c23-16(12-13-6-7-18-20-13)21-8-3-9-22(11-10-21)17-19-14-4-1-2-5-15(14)24-17/h1-2,4-7H,3,8-12H2,(H,18,20). The number of hydrogen-bond donors (Lipinski definition) is 1. The molecule has 0 unspecified atom stereocenters. The van der Waals surface area contributed by atoms with Gasteiger partial charge < -0.3 is 14.2 Å². The van der Waals surface area contributed by atoms with Crippen LogP contribution in [0.4, 0.5) is 6.01 Å². The number of aromatic amines is 1. The predicted molar refractivity (Wildman–Crippen MR) is 89.7 cm³/mol. The molecule has 0 atom stereocenters. The van der Waals surface area contributed by atoms with Crippen molar-refractivity contribution in [2.24, 2.45) is 0 Å². The third-order valence-corrected chi connectivity index (χ3v) is 4.30. The van der Waals surface area contributed by atoms with Gasteiger partial charge in [0, 0.05) is 38.1 Å². The summed E-state index contributed by atoms with van der Waals surface area (Å²) in [6.07, 6.45) is 2.93. The smallest absolute Gasteiger partial charge is 0.298 e. The van der Waals surface area contributed by atoms with Crippen molar-refractivity contribution in [1.82, 2.24) is 20.1 Å². The van der Waals surface area contributed by atoms with Gasteiger partial charge >= 0.3 is 0 Å². The first-order chi connectivity index (χ1) is 11.8. The average Bonchev–Trinajstić information content (AvgIpc) is 3.18. The van der Waals surface area contributed by atoms with Gasteiger partial charge in [0.25, 0.3) is 6.01 Å². The van der Waals surface area contributed by atoms with Gasteiger partial charge in [0.2, 0.25) is 5.91 Å². The van der Waals surface area contributed by atoms with Crippen LogP contribution in [-0.4, -0.2) is 52.2 Å². The van der Waals surface area contributed by atoms with E-state index in [9.17, 15) is 4.79 Å². The Bertz CT molecular complexity index is 794. The summed E-state index contributed by atoms with van der Waals surface area (Å²) in [6, 6.07) is 10.2. The highest BCUT2D eigenvalue weighted by molar-refractivity contribution is 5.78. The maximum absolute atomic E-state index is 12.4. The summed E-state index contributed by atoms with van der Waals surface area (Å²) in [6.45, 7) is 2.98. The van der Waals surface area contributed by atoms with Crippen LogP contribution in [0.15, 0.2) is 40.9 Å². The Kier molecular flexibility index (Phi) is 3.90. The van der Waals surface area contributed by atoms with Crippen LogP contribution in [0.5, 0.6) is 0 Å². The molecule has 0 radical (unpaired) electrons. The Balaban J connectivity index is 1.43. The molecule has 7 heteroatoms. The van der Waals surface area contributed by atoms with Crippen molar-refractivity contribution >= 4 is 23.0 Å². The van der Waals surface area contributed by atoms with Gasteiger partial charge in [0.05, 0.1) is 6.42 Å². The zero-order valence-electron chi connectivity index (χ0n) is 13.3. The van der Waals surface area contributed by atoms with E-state index in [0.29, 0.717) is 19.0 Å². The molecule has 1 aromatic carbocycles. The van der Waals surface area contributed by atoms with Crippen molar-refractivity contribution in [2.75, 3.05) is 31.1 Å². The fraction of sp³-hybridized carbons (Fsp3) is 0.353. The van der Waals surface area contributed by atoms with Crippen molar-refractivity contribution in [3.63, 3.8) is 0 Å². The van der Waals surface area contributed by atoms with Gasteiger partial charge in [-0.25, -0.2) is 0 Å². The largest absolute Gasteiger partial charge is 0.423 e. The molecule has 1 aliphatic heterocycles. The third-order valence-electron chi connectivity index (χ3n) is 4.30. The summed E-state index contributed by atoms with van der Waals surface area (Å²) in [5.74, 6) is 0.124. The summed E-state index contributed by atoms with van der Waals surface area (Å²) in [4.78, 5) is 21.0. The highest BCUT2D eigenvalue weighted by Gasteiger charge is 2.22. The SMILES string of the molecule is O=C(Cc1ccn[nH]1)N1CCCN(c2nc3ccccc3o2)CC1. The lowest BCUT2D eigenvalue weighted by Gasteiger charge is -2.21. The number of anilines is 1. The number of aromatic nitrogens is 3. The summed E-state index contributed by atoms with van der Waals surface area (Å²) < 4.78 is 5.84. The van der Waals surface area contributed by atoms with Gasteiger partial charge in [-0.1, -0.05) is 12.1 Å². The first-order valence-electron chi connectivity index (χ1n) is 8.16. The molecule has 1 fully saturated rings. The first kappa shape index (κ1) is 14.7. The highest BCUT2D eigenvalue weighted by Crippen LogP contribution is 2.22. The van der Waals surface area contributed by atoms with Gasteiger partial charge in [-0.3, -0.25) is 9.89 Å². The van der Waals surface area contributed by atoms with Crippen LogP contribution >= 0.6 is 0 Å². The number of fused-ring (bicyclic) bond motifs is 1. The van der Waals surface area contributed by atoms with Crippen molar-refractivity contribution in [2.45, 2.75) is 12.8 Å². The van der Waals surface area contributed by atoms with E-state index in [2.05, 4.69) is 20.1 Å². The number of para-hydroxylation sites is 2. The molecular formula is C17H19N5O2. The van der Waals surface area contributed by atoms with Crippen molar-refractivity contribution in [3.05, 3.63) is 42.2 Å². The molecule has 1 saturated heterocycles. The molecule has 4 rings (SSSR count). The number of nitrogens with one attached hydrogen (secondary N) is 1. The molecule has 2 aromatic heterocycles. The van der Waals surface area contributed by atoms with Crippen molar-refractivity contribution in [1.29, 1.82) is 0 Å². The molecule has 0 aliphatic carbocycles. The predicted octanol–water partition coefficient (Wildman–Crippen LogP) is 1.83. The zero-order valence-corrected chi connectivity index (χ0v) is 13.3. The molecule has 24 heavy (non-hydrogen) atoms. The van der Waals surface area contributed by atoms with Crippen LogP contribution in [0, 0.1) is 0 Å². The minimum absolute atomic E-state index is 0.124. The Morgan fingerprint density at radius 1 is 1.17 bits per heavy atom. The molecular weight excluding hydrogens is 306 g/mol.